The van der Waals surface area contributed by atoms with Crippen LogP contribution < -0.4 is 5.32 Å². The molecule has 1 aromatic carbocycles. The van der Waals surface area contributed by atoms with E-state index in [4.69, 9.17) is 4.98 Å². The Hall–Kier alpha value is -3.27. The Kier molecular flexibility index (Phi) is 3.63. The fourth-order valence-corrected chi connectivity index (χ4v) is 2.81. The van der Waals surface area contributed by atoms with Gasteiger partial charge in [0.05, 0.1) is 5.69 Å². The van der Waals surface area contributed by atoms with Gasteiger partial charge in [-0.2, -0.15) is 0 Å². The molecule has 116 valence electrons. The van der Waals surface area contributed by atoms with Crippen LogP contribution in [0.25, 0.3) is 33.2 Å². The summed E-state index contributed by atoms with van der Waals surface area (Å²) in [5, 5.41) is 5.44. The molecule has 0 aliphatic heterocycles. The zero-order chi connectivity index (χ0) is 16.4. The summed E-state index contributed by atoms with van der Waals surface area (Å²) in [7, 11) is 1.89. The Morgan fingerprint density at radius 3 is 2.21 bits per heavy atom. The van der Waals surface area contributed by atoms with E-state index in [1.54, 1.807) is 12.4 Å². The average Bonchev–Trinajstić information content (AvgIpc) is 2.68. The fraction of sp³-hybridized carbons (Fsp3) is 0.0500. The first-order valence-corrected chi connectivity index (χ1v) is 7.78. The third-order valence-electron chi connectivity index (χ3n) is 4.02. The molecule has 0 bridgehead atoms. The number of hydrogen-bond donors (Lipinski definition) is 1. The van der Waals surface area contributed by atoms with E-state index in [-0.39, 0.29) is 0 Å². The first-order chi connectivity index (χ1) is 11.8. The maximum atomic E-state index is 4.76. The smallest absolute Gasteiger partial charge is 0.134 e. The summed E-state index contributed by atoms with van der Waals surface area (Å²) in [6.45, 7) is 0. The summed E-state index contributed by atoms with van der Waals surface area (Å²) in [5.74, 6) is 0.858. The van der Waals surface area contributed by atoms with Crippen molar-refractivity contribution in [1.82, 2.24) is 15.0 Å². The van der Waals surface area contributed by atoms with Gasteiger partial charge in [-0.1, -0.05) is 18.2 Å². The second-order valence-corrected chi connectivity index (χ2v) is 5.53. The van der Waals surface area contributed by atoms with Gasteiger partial charge in [0.1, 0.15) is 5.82 Å². The molecule has 3 heterocycles. The van der Waals surface area contributed by atoms with Gasteiger partial charge < -0.3 is 5.32 Å². The van der Waals surface area contributed by atoms with Crippen molar-refractivity contribution in [2.24, 2.45) is 0 Å². The highest BCUT2D eigenvalue weighted by atomic mass is 15.0. The molecule has 0 saturated heterocycles. The summed E-state index contributed by atoms with van der Waals surface area (Å²) in [6.07, 6.45) is 7.25. The second kappa shape index (κ2) is 6.08. The zero-order valence-electron chi connectivity index (χ0n) is 13.3. The van der Waals surface area contributed by atoms with Crippen LogP contribution in [0, 0.1) is 0 Å². The standard InChI is InChI=1S/C20H16N4/c1-21-20-18-10-14(16-4-2-8-22-12-16)6-7-15(18)11-19(24-20)17-5-3-9-23-13-17/h2-13H,1H3,(H,21,24). The van der Waals surface area contributed by atoms with E-state index in [0.717, 1.165) is 39.0 Å². The molecule has 0 aliphatic carbocycles. The topological polar surface area (TPSA) is 50.7 Å². The molecule has 3 aromatic heterocycles. The Bertz CT molecular complexity index is 982. The van der Waals surface area contributed by atoms with Crippen molar-refractivity contribution in [2.75, 3.05) is 12.4 Å². The van der Waals surface area contributed by atoms with Gasteiger partial charge in [0, 0.05) is 48.3 Å². The Labute approximate surface area is 140 Å². The Morgan fingerprint density at radius 2 is 1.54 bits per heavy atom. The van der Waals surface area contributed by atoms with Crippen LogP contribution in [-0.4, -0.2) is 22.0 Å². The number of nitrogens with zero attached hydrogens (tertiary/aromatic N) is 3. The highest BCUT2D eigenvalue weighted by Gasteiger charge is 2.08. The highest BCUT2D eigenvalue weighted by Crippen LogP contribution is 2.31. The van der Waals surface area contributed by atoms with Gasteiger partial charge in [0.15, 0.2) is 0 Å². The van der Waals surface area contributed by atoms with Crippen LogP contribution >= 0.6 is 0 Å². The summed E-state index contributed by atoms with van der Waals surface area (Å²) in [5.41, 5.74) is 4.14. The van der Waals surface area contributed by atoms with Gasteiger partial charge in [0.2, 0.25) is 0 Å². The van der Waals surface area contributed by atoms with E-state index in [1.807, 2.05) is 37.6 Å². The van der Waals surface area contributed by atoms with Crippen LogP contribution in [0.15, 0.2) is 73.3 Å². The van der Waals surface area contributed by atoms with E-state index in [2.05, 4.69) is 45.6 Å². The van der Waals surface area contributed by atoms with Gasteiger partial charge in [0.25, 0.3) is 0 Å². The average molecular weight is 312 g/mol. The minimum absolute atomic E-state index is 0.858. The molecule has 0 atom stereocenters. The van der Waals surface area contributed by atoms with Crippen molar-refractivity contribution in [1.29, 1.82) is 0 Å². The quantitative estimate of drug-likeness (QED) is 0.609. The fourth-order valence-electron chi connectivity index (χ4n) is 2.81. The summed E-state index contributed by atoms with van der Waals surface area (Å²) in [4.78, 5) is 13.1. The molecule has 1 N–H and O–H groups in total. The molecule has 0 unspecified atom stereocenters. The maximum absolute atomic E-state index is 4.76. The zero-order valence-corrected chi connectivity index (χ0v) is 13.3. The molecular formula is C20H16N4. The van der Waals surface area contributed by atoms with Crippen molar-refractivity contribution in [3.63, 3.8) is 0 Å². The Morgan fingerprint density at radius 1 is 0.792 bits per heavy atom. The molecule has 0 aliphatic rings. The number of pyridine rings is 3. The van der Waals surface area contributed by atoms with Crippen LogP contribution in [-0.2, 0) is 0 Å². The number of aromatic nitrogens is 3. The van der Waals surface area contributed by atoms with Crippen LogP contribution in [0.3, 0.4) is 0 Å². The van der Waals surface area contributed by atoms with E-state index in [1.165, 1.54) is 0 Å². The molecule has 4 nitrogen and oxygen atoms in total. The molecular weight excluding hydrogens is 296 g/mol. The predicted molar refractivity (Wildman–Crippen MR) is 97.8 cm³/mol. The molecule has 4 rings (SSSR count). The number of anilines is 1. The van der Waals surface area contributed by atoms with Crippen molar-refractivity contribution in [3.8, 4) is 22.4 Å². The minimum atomic E-state index is 0.858. The lowest BCUT2D eigenvalue weighted by Crippen LogP contribution is -1.96. The van der Waals surface area contributed by atoms with Crippen LogP contribution in [0.5, 0.6) is 0 Å². The highest BCUT2D eigenvalue weighted by molar-refractivity contribution is 5.97. The van der Waals surface area contributed by atoms with E-state index < -0.39 is 0 Å². The third kappa shape index (κ3) is 2.58. The first-order valence-electron chi connectivity index (χ1n) is 7.78. The molecule has 4 heteroatoms. The van der Waals surface area contributed by atoms with E-state index in [0.29, 0.717) is 0 Å². The van der Waals surface area contributed by atoms with Crippen molar-refractivity contribution < 1.29 is 0 Å². The lowest BCUT2D eigenvalue weighted by molar-refractivity contribution is 1.28. The van der Waals surface area contributed by atoms with Gasteiger partial charge in [-0.3, -0.25) is 9.97 Å². The number of nitrogens with one attached hydrogen (secondary N) is 1. The van der Waals surface area contributed by atoms with Crippen LogP contribution in [0.1, 0.15) is 0 Å². The lowest BCUT2D eigenvalue weighted by atomic mass is 10.0. The molecule has 0 fully saturated rings. The third-order valence-corrected chi connectivity index (χ3v) is 4.02. The normalized spacial score (nSPS) is 10.7. The maximum Gasteiger partial charge on any atom is 0.134 e. The van der Waals surface area contributed by atoms with Crippen LogP contribution in [0.2, 0.25) is 0 Å². The predicted octanol–water partition coefficient (Wildman–Crippen LogP) is 4.40. The summed E-state index contributed by atoms with van der Waals surface area (Å²) < 4.78 is 0. The minimum Gasteiger partial charge on any atom is -0.373 e. The molecule has 0 saturated carbocycles. The monoisotopic (exact) mass is 312 g/mol. The molecule has 0 spiro atoms. The second-order valence-electron chi connectivity index (χ2n) is 5.53. The Balaban J connectivity index is 1.89. The molecule has 4 aromatic rings. The van der Waals surface area contributed by atoms with Crippen molar-refractivity contribution in [2.45, 2.75) is 0 Å². The van der Waals surface area contributed by atoms with Crippen molar-refractivity contribution in [3.05, 3.63) is 73.3 Å². The van der Waals surface area contributed by atoms with Gasteiger partial charge in [-0.05, 0) is 41.3 Å². The number of hydrogen-bond acceptors (Lipinski definition) is 4. The van der Waals surface area contributed by atoms with E-state index in [9.17, 15) is 0 Å². The van der Waals surface area contributed by atoms with Crippen LogP contribution in [0.4, 0.5) is 5.82 Å². The van der Waals surface area contributed by atoms with Gasteiger partial charge in [-0.25, -0.2) is 4.98 Å². The largest absolute Gasteiger partial charge is 0.373 e. The molecule has 24 heavy (non-hydrogen) atoms. The molecule has 0 amide bonds. The SMILES string of the molecule is CNc1nc(-c2cccnc2)cc2ccc(-c3cccnc3)cc12. The number of benzene rings is 1. The first kappa shape index (κ1) is 14.3. The number of rotatable bonds is 3. The van der Waals surface area contributed by atoms with E-state index >= 15 is 0 Å². The van der Waals surface area contributed by atoms with Gasteiger partial charge in [-0.15, -0.1) is 0 Å². The molecule has 0 radical (unpaired) electrons. The number of fused-ring (bicyclic) bond motifs is 1. The van der Waals surface area contributed by atoms with Crippen molar-refractivity contribution >= 4 is 16.6 Å². The summed E-state index contributed by atoms with van der Waals surface area (Å²) in [6, 6.07) is 16.4. The summed E-state index contributed by atoms with van der Waals surface area (Å²) >= 11 is 0. The lowest BCUT2D eigenvalue weighted by Gasteiger charge is -2.11. The van der Waals surface area contributed by atoms with Gasteiger partial charge >= 0.3 is 0 Å².